The van der Waals surface area contributed by atoms with Gasteiger partial charge in [-0.2, -0.15) is 0 Å². The van der Waals surface area contributed by atoms with Gasteiger partial charge in [0, 0.05) is 20.7 Å². The van der Waals surface area contributed by atoms with Crippen LogP contribution >= 0.6 is 0 Å². The number of carbonyl (C=O) groups is 2. The first-order chi connectivity index (χ1) is 8.88. The van der Waals surface area contributed by atoms with Crippen LogP contribution in [0.1, 0.15) is 39.0 Å². The van der Waals surface area contributed by atoms with E-state index in [1.807, 2.05) is 6.92 Å². The molecule has 1 rings (SSSR count). The number of amides is 2. The van der Waals surface area contributed by atoms with E-state index in [1.54, 1.807) is 14.2 Å². The second-order valence-corrected chi connectivity index (χ2v) is 5.41. The highest BCUT2D eigenvalue weighted by Gasteiger charge is 2.38. The van der Waals surface area contributed by atoms with Crippen LogP contribution in [0.15, 0.2) is 0 Å². The fraction of sp³-hybridized carbons (Fsp3) is 0.846. The van der Waals surface area contributed by atoms with Crippen LogP contribution in [0.3, 0.4) is 0 Å². The summed E-state index contributed by atoms with van der Waals surface area (Å²) in [7, 11) is 3.29. The summed E-state index contributed by atoms with van der Waals surface area (Å²) in [4.78, 5) is 24.6. The van der Waals surface area contributed by atoms with Crippen LogP contribution in [-0.2, 0) is 9.53 Å². The van der Waals surface area contributed by atoms with Crippen molar-refractivity contribution in [3.05, 3.63) is 0 Å². The largest absolute Gasteiger partial charge is 0.481 e. The number of carboxylic acid groups (broad SMARTS) is 1. The molecule has 0 spiro atoms. The maximum absolute atomic E-state index is 12.1. The molecule has 1 aliphatic carbocycles. The molecular formula is C13H24N2O4. The molecule has 6 heteroatoms. The first-order valence-electron chi connectivity index (χ1n) is 6.66. The van der Waals surface area contributed by atoms with Gasteiger partial charge in [0.2, 0.25) is 0 Å². The Morgan fingerprint density at radius 1 is 1.42 bits per heavy atom. The number of likely N-dealkylation sites (N-methyl/N-ethyl adjacent to an activating group) is 1. The van der Waals surface area contributed by atoms with Gasteiger partial charge in [-0.05, 0) is 19.8 Å². The quantitative estimate of drug-likeness (QED) is 0.767. The standard InChI is InChI=1S/C13H24N2O4/c1-10(19-3)9-15(2)12(18)14-13(8-11(16)17)6-4-5-7-13/h10H,4-9H2,1-3H3,(H,14,18)(H,16,17). The summed E-state index contributed by atoms with van der Waals surface area (Å²) >= 11 is 0. The van der Waals surface area contributed by atoms with Gasteiger partial charge in [0.05, 0.1) is 18.1 Å². The van der Waals surface area contributed by atoms with Gasteiger partial charge < -0.3 is 20.1 Å². The molecule has 1 unspecified atom stereocenters. The molecule has 0 saturated heterocycles. The molecule has 0 aromatic heterocycles. The van der Waals surface area contributed by atoms with E-state index >= 15 is 0 Å². The number of nitrogens with zero attached hydrogens (tertiary/aromatic N) is 1. The number of aliphatic carboxylic acids is 1. The minimum atomic E-state index is -0.866. The normalized spacial score (nSPS) is 18.9. The van der Waals surface area contributed by atoms with E-state index in [4.69, 9.17) is 9.84 Å². The van der Waals surface area contributed by atoms with Gasteiger partial charge in [-0.25, -0.2) is 4.79 Å². The van der Waals surface area contributed by atoms with E-state index in [0.717, 1.165) is 25.7 Å². The Bertz CT molecular complexity index is 327. The number of nitrogens with one attached hydrogen (secondary N) is 1. The molecule has 1 fully saturated rings. The molecule has 19 heavy (non-hydrogen) atoms. The van der Waals surface area contributed by atoms with Crippen LogP contribution in [0.5, 0.6) is 0 Å². The lowest BCUT2D eigenvalue weighted by Crippen LogP contribution is -2.53. The van der Waals surface area contributed by atoms with E-state index in [9.17, 15) is 9.59 Å². The zero-order valence-electron chi connectivity index (χ0n) is 11.9. The molecule has 0 radical (unpaired) electrons. The lowest BCUT2D eigenvalue weighted by molar-refractivity contribution is -0.138. The summed E-state index contributed by atoms with van der Waals surface area (Å²) < 4.78 is 5.11. The maximum Gasteiger partial charge on any atom is 0.317 e. The third kappa shape index (κ3) is 4.70. The van der Waals surface area contributed by atoms with Crippen LogP contribution in [0.4, 0.5) is 4.79 Å². The van der Waals surface area contributed by atoms with Crippen molar-refractivity contribution in [1.82, 2.24) is 10.2 Å². The van der Waals surface area contributed by atoms with Crippen LogP contribution < -0.4 is 5.32 Å². The molecule has 0 aromatic carbocycles. The number of carboxylic acids is 1. The van der Waals surface area contributed by atoms with Crippen LogP contribution in [0, 0.1) is 0 Å². The smallest absolute Gasteiger partial charge is 0.317 e. The van der Waals surface area contributed by atoms with Crippen molar-refractivity contribution >= 4 is 12.0 Å². The van der Waals surface area contributed by atoms with Gasteiger partial charge in [0.1, 0.15) is 0 Å². The first-order valence-corrected chi connectivity index (χ1v) is 6.66. The highest BCUT2D eigenvalue weighted by molar-refractivity contribution is 5.76. The van der Waals surface area contributed by atoms with Crippen molar-refractivity contribution in [2.45, 2.75) is 50.7 Å². The fourth-order valence-corrected chi connectivity index (χ4v) is 2.55. The van der Waals surface area contributed by atoms with E-state index in [1.165, 1.54) is 4.90 Å². The minimum absolute atomic E-state index is 0.00753. The van der Waals surface area contributed by atoms with Crippen molar-refractivity contribution in [3.63, 3.8) is 0 Å². The average molecular weight is 272 g/mol. The molecular weight excluding hydrogens is 248 g/mol. The molecule has 1 atom stereocenters. The second-order valence-electron chi connectivity index (χ2n) is 5.41. The Morgan fingerprint density at radius 3 is 2.47 bits per heavy atom. The minimum Gasteiger partial charge on any atom is -0.481 e. The molecule has 1 aliphatic rings. The second kappa shape index (κ2) is 6.75. The van der Waals surface area contributed by atoms with Crippen molar-refractivity contribution in [2.75, 3.05) is 20.7 Å². The summed E-state index contributed by atoms with van der Waals surface area (Å²) in [5.41, 5.74) is -0.576. The molecule has 1 saturated carbocycles. The van der Waals surface area contributed by atoms with Crippen LogP contribution in [0.25, 0.3) is 0 Å². The van der Waals surface area contributed by atoms with Crippen LogP contribution in [0.2, 0.25) is 0 Å². The molecule has 0 aliphatic heterocycles. The highest BCUT2D eigenvalue weighted by Crippen LogP contribution is 2.32. The average Bonchev–Trinajstić information content (AvgIpc) is 2.75. The van der Waals surface area contributed by atoms with Crippen molar-refractivity contribution in [1.29, 1.82) is 0 Å². The lowest BCUT2D eigenvalue weighted by atomic mass is 9.93. The number of carbonyl (C=O) groups excluding carboxylic acids is 1. The number of hydrogen-bond acceptors (Lipinski definition) is 3. The summed E-state index contributed by atoms with van der Waals surface area (Å²) in [6.07, 6.45) is 3.34. The Balaban J connectivity index is 2.59. The van der Waals surface area contributed by atoms with E-state index in [2.05, 4.69) is 5.32 Å². The molecule has 0 bridgehead atoms. The SMILES string of the molecule is COC(C)CN(C)C(=O)NC1(CC(=O)O)CCCC1. The maximum atomic E-state index is 12.1. The number of urea groups is 1. The van der Waals surface area contributed by atoms with Crippen molar-refractivity contribution < 1.29 is 19.4 Å². The van der Waals surface area contributed by atoms with Gasteiger partial charge >= 0.3 is 12.0 Å². The summed E-state index contributed by atoms with van der Waals surface area (Å²) in [6.45, 7) is 2.36. The molecule has 110 valence electrons. The molecule has 2 N–H and O–H groups in total. The Labute approximate surface area is 114 Å². The Hall–Kier alpha value is -1.30. The van der Waals surface area contributed by atoms with Gasteiger partial charge in [0.25, 0.3) is 0 Å². The third-order valence-electron chi connectivity index (χ3n) is 3.70. The Kier molecular flexibility index (Phi) is 5.60. The zero-order valence-corrected chi connectivity index (χ0v) is 11.9. The summed E-state index contributed by atoms with van der Waals surface area (Å²) in [5.74, 6) is -0.866. The predicted octanol–water partition coefficient (Wildman–Crippen LogP) is 1.45. The third-order valence-corrected chi connectivity index (χ3v) is 3.70. The monoisotopic (exact) mass is 272 g/mol. The summed E-state index contributed by atoms with van der Waals surface area (Å²) in [5, 5.41) is 11.9. The first kappa shape index (κ1) is 15.8. The molecule has 0 aromatic rings. The topological polar surface area (TPSA) is 78.9 Å². The van der Waals surface area contributed by atoms with Crippen LogP contribution in [-0.4, -0.2) is 54.4 Å². The number of hydrogen-bond donors (Lipinski definition) is 2. The van der Waals surface area contributed by atoms with E-state index in [-0.39, 0.29) is 18.6 Å². The highest BCUT2D eigenvalue weighted by atomic mass is 16.5. The fourth-order valence-electron chi connectivity index (χ4n) is 2.55. The predicted molar refractivity (Wildman–Crippen MR) is 71.1 cm³/mol. The molecule has 0 heterocycles. The van der Waals surface area contributed by atoms with E-state index < -0.39 is 11.5 Å². The van der Waals surface area contributed by atoms with E-state index in [0.29, 0.717) is 6.54 Å². The number of ether oxygens (including phenoxy) is 1. The zero-order chi connectivity index (χ0) is 14.5. The van der Waals surface area contributed by atoms with Crippen molar-refractivity contribution in [3.8, 4) is 0 Å². The van der Waals surface area contributed by atoms with Crippen molar-refractivity contribution in [2.24, 2.45) is 0 Å². The van der Waals surface area contributed by atoms with Gasteiger partial charge in [0.15, 0.2) is 0 Å². The molecule has 2 amide bonds. The van der Waals surface area contributed by atoms with Gasteiger partial charge in [-0.3, -0.25) is 4.79 Å². The number of methoxy groups -OCH3 is 1. The summed E-state index contributed by atoms with van der Waals surface area (Å²) in [6, 6.07) is -0.230. The number of rotatable bonds is 6. The van der Waals surface area contributed by atoms with Gasteiger partial charge in [-0.15, -0.1) is 0 Å². The lowest BCUT2D eigenvalue weighted by Gasteiger charge is -2.32. The molecule has 6 nitrogen and oxygen atoms in total. The Morgan fingerprint density at radius 2 is 2.00 bits per heavy atom. The van der Waals surface area contributed by atoms with Gasteiger partial charge in [-0.1, -0.05) is 12.8 Å².